The van der Waals surface area contributed by atoms with Gasteiger partial charge in [0.1, 0.15) is 5.82 Å². The van der Waals surface area contributed by atoms with Gasteiger partial charge in [-0.3, -0.25) is 5.10 Å². The highest BCUT2D eigenvalue weighted by molar-refractivity contribution is 5.98. The van der Waals surface area contributed by atoms with E-state index in [2.05, 4.69) is 47.2 Å². The fourth-order valence-corrected chi connectivity index (χ4v) is 2.31. The van der Waals surface area contributed by atoms with Crippen molar-refractivity contribution in [2.75, 3.05) is 5.73 Å². The van der Waals surface area contributed by atoms with Gasteiger partial charge in [-0.05, 0) is 19.4 Å². The quantitative estimate of drug-likeness (QED) is 0.597. The number of aromatic nitrogens is 3. The predicted octanol–water partition coefficient (Wildman–Crippen LogP) is 2.76. The normalized spacial score (nSPS) is 11.2. The van der Waals surface area contributed by atoms with Gasteiger partial charge < -0.3 is 10.7 Å². The average molecular weight is 226 g/mol. The molecular weight excluding hydrogens is 212 g/mol. The van der Waals surface area contributed by atoms with Gasteiger partial charge in [-0.15, -0.1) is 0 Å². The molecule has 0 amide bonds. The molecule has 17 heavy (non-hydrogen) atoms. The summed E-state index contributed by atoms with van der Waals surface area (Å²) in [6.45, 7) is 4.16. The van der Waals surface area contributed by atoms with E-state index in [1.165, 1.54) is 16.5 Å². The number of rotatable bonds is 1. The summed E-state index contributed by atoms with van der Waals surface area (Å²) in [6, 6.07) is 8.13. The van der Waals surface area contributed by atoms with Crippen molar-refractivity contribution >= 4 is 16.7 Å². The van der Waals surface area contributed by atoms with Crippen LogP contribution in [0.3, 0.4) is 0 Å². The predicted molar refractivity (Wildman–Crippen MR) is 69.8 cm³/mol. The molecule has 0 aliphatic heterocycles. The van der Waals surface area contributed by atoms with Gasteiger partial charge >= 0.3 is 0 Å². The van der Waals surface area contributed by atoms with Gasteiger partial charge in [-0.1, -0.05) is 18.2 Å². The Morgan fingerprint density at radius 2 is 2.06 bits per heavy atom. The molecule has 2 heterocycles. The second-order valence-corrected chi connectivity index (χ2v) is 4.33. The lowest BCUT2D eigenvalue weighted by Crippen LogP contribution is -1.81. The van der Waals surface area contributed by atoms with E-state index in [9.17, 15) is 0 Å². The lowest BCUT2D eigenvalue weighted by molar-refractivity contribution is 1.10. The molecule has 3 rings (SSSR count). The van der Waals surface area contributed by atoms with E-state index in [-0.39, 0.29) is 0 Å². The van der Waals surface area contributed by atoms with Crippen LogP contribution in [0, 0.1) is 13.8 Å². The van der Waals surface area contributed by atoms with Crippen LogP contribution in [0.2, 0.25) is 0 Å². The van der Waals surface area contributed by atoms with Crippen LogP contribution in [0.25, 0.3) is 22.2 Å². The maximum absolute atomic E-state index is 5.66. The van der Waals surface area contributed by atoms with E-state index in [0.717, 1.165) is 17.0 Å². The fraction of sp³-hybridized carbons (Fsp3) is 0.154. The zero-order valence-corrected chi connectivity index (χ0v) is 9.83. The topological polar surface area (TPSA) is 70.5 Å². The van der Waals surface area contributed by atoms with E-state index in [1.807, 2.05) is 6.07 Å². The molecule has 2 aromatic heterocycles. The number of anilines is 1. The van der Waals surface area contributed by atoms with Crippen LogP contribution in [0.15, 0.2) is 24.3 Å². The Balaban J connectivity index is 2.36. The van der Waals surface area contributed by atoms with Crippen LogP contribution in [0.1, 0.15) is 11.3 Å². The van der Waals surface area contributed by atoms with Crippen molar-refractivity contribution in [1.29, 1.82) is 0 Å². The molecule has 4 heteroatoms. The molecular formula is C13H14N4. The Kier molecular flexibility index (Phi) is 1.98. The lowest BCUT2D eigenvalue weighted by Gasteiger charge is -1.97. The average Bonchev–Trinajstić information content (AvgIpc) is 2.82. The van der Waals surface area contributed by atoms with Gasteiger partial charge in [-0.2, -0.15) is 5.10 Å². The third-order valence-corrected chi connectivity index (χ3v) is 3.10. The summed E-state index contributed by atoms with van der Waals surface area (Å²) in [6.07, 6.45) is 0. The minimum absolute atomic E-state index is 0.515. The Hall–Kier alpha value is -2.23. The molecule has 4 nitrogen and oxygen atoms in total. The Morgan fingerprint density at radius 3 is 2.76 bits per heavy atom. The van der Waals surface area contributed by atoms with Crippen molar-refractivity contribution in [3.8, 4) is 11.3 Å². The van der Waals surface area contributed by atoms with E-state index in [1.54, 1.807) is 0 Å². The molecule has 0 aliphatic carbocycles. The van der Waals surface area contributed by atoms with Crippen molar-refractivity contribution in [2.24, 2.45) is 0 Å². The third kappa shape index (κ3) is 1.41. The maximum Gasteiger partial charge on any atom is 0.145 e. The fourth-order valence-electron chi connectivity index (χ4n) is 2.31. The summed E-state index contributed by atoms with van der Waals surface area (Å²) in [5.41, 5.74) is 11.3. The molecule has 0 bridgehead atoms. The van der Waals surface area contributed by atoms with Gasteiger partial charge in [0.05, 0.1) is 5.69 Å². The largest absolute Gasteiger partial charge is 0.382 e. The lowest BCUT2D eigenvalue weighted by atomic mass is 10.1. The van der Waals surface area contributed by atoms with Crippen LogP contribution in [-0.2, 0) is 0 Å². The highest BCUT2D eigenvalue weighted by Gasteiger charge is 2.13. The van der Waals surface area contributed by atoms with Crippen molar-refractivity contribution in [1.82, 2.24) is 15.2 Å². The van der Waals surface area contributed by atoms with Crippen molar-refractivity contribution in [3.63, 3.8) is 0 Å². The third-order valence-electron chi connectivity index (χ3n) is 3.10. The maximum atomic E-state index is 5.66. The minimum Gasteiger partial charge on any atom is -0.382 e. The van der Waals surface area contributed by atoms with E-state index < -0.39 is 0 Å². The molecule has 1 aromatic carbocycles. The van der Waals surface area contributed by atoms with E-state index in [0.29, 0.717) is 5.82 Å². The van der Waals surface area contributed by atoms with Crippen LogP contribution in [0.4, 0.5) is 5.82 Å². The molecule has 0 saturated heterocycles. The first-order chi connectivity index (χ1) is 8.16. The number of aryl methyl sites for hydroxylation is 2. The number of para-hydroxylation sites is 1. The monoisotopic (exact) mass is 226 g/mol. The number of aromatic amines is 2. The van der Waals surface area contributed by atoms with E-state index >= 15 is 0 Å². The van der Waals surface area contributed by atoms with Crippen molar-refractivity contribution in [2.45, 2.75) is 13.8 Å². The first kappa shape index (κ1) is 9.96. The van der Waals surface area contributed by atoms with Gasteiger partial charge in [-0.25, -0.2) is 0 Å². The number of hydrogen-bond acceptors (Lipinski definition) is 2. The van der Waals surface area contributed by atoms with Gasteiger partial charge in [0.15, 0.2) is 0 Å². The highest BCUT2D eigenvalue weighted by Crippen LogP contribution is 2.32. The Bertz CT molecular complexity index is 691. The minimum atomic E-state index is 0.515. The first-order valence-electron chi connectivity index (χ1n) is 5.56. The zero-order chi connectivity index (χ0) is 12.0. The molecule has 0 radical (unpaired) electrons. The molecule has 0 aliphatic rings. The number of fused-ring (bicyclic) bond motifs is 1. The summed E-state index contributed by atoms with van der Waals surface area (Å²) in [7, 11) is 0. The smallest absolute Gasteiger partial charge is 0.145 e. The summed E-state index contributed by atoms with van der Waals surface area (Å²) >= 11 is 0. The number of hydrogen-bond donors (Lipinski definition) is 3. The summed E-state index contributed by atoms with van der Waals surface area (Å²) in [4.78, 5) is 3.41. The molecule has 0 saturated carbocycles. The second kappa shape index (κ2) is 3.38. The standard InChI is InChI=1S/C13H14N4/c1-7-4-3-5-9-12(8(2)15-13(7)9)10-6-11(14)17-16-10/h3-6,15H,1-2H3,(H3,14,16,17). The van der Waals surface area contributed by atoms with Gasteiger partial charge in [0.25, 0.3) is 0 Å². The molecule has 0 fully saturated rings. The van der Waals surface area contributed by atoms with Gasteiger partial charge in [0, 0.05) is 28.2 Å². The second-order valence-electron chi connectivity index (χ2n) is 4.33. The summed E-state index contributed by atoms with van der Waals surface area (Å²) in [5.74, 6) is 0.515. The Labute approximate surface area is 98.8 Å². The number of nitrogen functional groups attached to an aromatic ring is 1. The summed E-state index contributed by atoms with van der Waals surface area (Å²) in [5, 5.41) is 8.15. The molecule has 0 atom stereocenters. The molecule has 4 N–H and O–H groups in total. The van der Waals surface area contributed by atoms with Crippen molar-refractivity contribution in [3.05, 3.63) is 35.5 Å². The number of nitrogens with two attached hydrogens (primary N) is 1. The SMILES string of the molecule is Cc1[nH]c2c(C)cccc2c1-c1cc(N)n[nH]1. The molecule has 0 spiro atoms. The van der Waals surface area contributed by atoms with Crippen LogP contribution < -0.4 is 5.73 Å². The van der Waals surface area contributed by atoms with Gasteiger partial charge in [0.2, 0.25) is 0 Å². The summed E-state index contributed by atoms with van der Waals surface area (Å²) < 4.78 is 0. The van der Waals surface area contributed by atoms with Crippen molar-refractivity contribution < 1.29 is 0 Å². The zero-order valence-electron chi connectivity index (χ0n) is 9.83. The number of nitrogens with one attached hydrogen (secondary N) is 2. The molecule has 3 aromatic rings. The van der Waals surface area contributed by atoms with E-state index in [4.69, 9.17) is 5.73 Å². The number of H-pyrrole nitrogens is 2. The Morgan fingerprint density at radius 1 is 1.24 bits per heavy atom. The van der Waals surface area contributed by atoms with Crippen LogP contribution in [-0.4, -0.2) is 15.2 Å². The molecule has 86 valence electrons. The number of nitrogens with zero attached hydrogens (tertiary/aromatic N) is 1. The number of benzene rings is 1. The molecule has 0 unspecified atom stereocenters. The first-order valence-corrected chi connectivity index (χ1v) is 5.56. The highest BCUT2D eigenvalue weighted by atomic mass is 15.2. The van der Waals surface area contributed by atoms with Crippen LogP contribution >= 0.6 is 0 Å². The van der Waals surface area contributed by atoms with Crippen LogP contribution in [0.5, 0.6) is 0 Å².